The summed E-state index contributed by atoms with van der Waals surface area (Å²) < 4.78 is 6.01. The van der Waals surface area contributed by atoms with Crippen molar-refractivity contribution < 1.29 is 14.6 Å². The number of hydrogen-bond donors (Lipinski definition) is 2. The van der Waals surface area contributed by atoms with E-state index in [9.17, 15) is 9.90 Å². The lowest BCUT2D eigenvalue weighted by Gasteiger charge is -2.24. The van der Waals surface area contributed by atoms with Gasteiger partial charge >= 0.3 is 6.03 Å². The molecule has 0 spiro atoms. The number of nitrogens with one attached hydrogen (secondary N) is 1. The number of hydrogen-bond acceptors (Lipinski definition) is 3. The van der Waals surface area contributed by atoms with E-state index >= 15 is 0 Å². The second kappa shape index (κ2) is 8.49. The summed E-state index contributed by atoms with van der Waals surface area (Å²) in [6.45, 7) is 1.33. The van der Waals surface area contributed by atoms with E-state index in [2.05, 4.69) is 5.32 Å². The molecule has 3 rings (SSSR count). The van der Waals surface area contributed by atoms with Crippen molar-refractivity contribution in [3.05, 3.63) is 29.8 Å². The first-order valence-electron chi connectivity index (χ1n) is 9.15. The van der Waals surface area contributed by atoms with E-state index in [0.29, 0.717) is 19.3 Å². The van der Waals surface area contributed by atoms with Gasteiger partial charge in [0, 0.05) is 12.2 Å². The van der Waals surface area contributed by atoms with E-state index in [1.807, 2.05) is 24.3 Å². The highest BCUT2D eigenvalue weighted by Crippen LogP contribution is 2.22. The van der Waals surface area contributed by atoms with Gasteiger partial charge in [0.15, 0.2) is 0 Å². The fourth-order valence-corrected chi connectivity index (χ4v) is 3.67. The van der Waals surface area contributed by atoms with Gasteiger partial charge in [0.25, 0.3) is 0 Å². The van der Waals surface area contributed by atoms with Crippen LogP contribution in [0.4, 0.5) is 10.5 Å². The average Bonchev–Trinajstić information content (AvgIpc) is 3.10. The maximum atomic E-state index is 12.4. The summed E-state index contributed by atoms with van der Waals surface area (Å²) in [5.41, 5.74) is 1.87. The third kappa shape index (κ3) is 4.48. The van der Waals surface area contributed by atoms with E-state index < -0.39 is 0 Å². The highest BCUT2D eigenvalue weighted by Gasteiger charge is 2.28. The van der Waals surface area contributed by atoms with Gasteiger partial charge in [-0.15, -0.1) is 0 Å². The molecule has 0 unspecified atom stereocenters. The number of ether oxygens (including phenoxy) is 1. The molecular formula is C19H28N2O3. The van der Waals surface area contributed by atoms with Crippen LogP contribution >= 0.6 is 0 Å². The number of anilines is 1. The average molecular weight is 332 g/mol. The number of carbonyl (C=O) groups excluding carboxylic acids is 1. The molecule has 1 atom stereocenters. The third-order valence-electron chi connectivity index (χ3n) is 5.06. The van der Waals surface area contributed by atoms with Crippen LogP contribution in [0.2, 0.25) is 0 Å². The summed E-state index contributed by atoms with van der Waals surface area (Å²) in [5.74, 6) is 0. The van der Waals surface area contributed by atoms with Gasteiger partial charge in [0.05, 0.1) is 25.4 Å². The van der Waals surface area contributed by atoms with Crippen LogP contribution < -0.4 is 5.32 Å². The molecule has 5 heteroatoms. The van der Waals surface area contributed by atoms with Crippen molar-refractivity contribution in [2.75, 3.05) is 18.5 Å². The van der Waals surface area contributed by atoms with Crippen LogP contribution in [0.15, 0.2) is 24.3 Å². The first-order chi connectivity index (χ1) is 11.8. The number of benzene rings is 1. The van der Waals surface area contributed by atoms with Crippen LogP contribution in [-0.2, 0) is 11.3 Å². The molecule has 2 N–H and O–H groups in total. The third-order valence-corrected chi connectivity index (χ3v) is 5.06. The zero-order valence-electron chi connectivity index (χ0n) is 14.2. The number of rotatable bonds is 5. The smallest absolute Gasteiger partial charge is 0.322 e. The standard InChI is InChI=1S/C19H28N2O3/c22-13-17-8-5-11-21(17)19(23)20-16-7-4-6-15(12-16)14-24-18-9-2-1-3-10-18/h4,6-7,12,17-18,22H,1-3,5,8-11,13-14H2,(H,20,23)/t17-/m0/s1. The number of carbonyl (C=O) groups is 1. The molecule has 2 aliphatic rings. The van der Waals surface area contributed by atoms with Crippen molar-refractivity contribution >= 4 is 11.7 Å². The van der Waals surface area contributed by atoms with Crippen LogP contribution in [0.3, 0.4) is 0 Å². The number of aliphatic hydroxyl groups excluding tert-OH is 1. The molecule has 2 fully saturated rings. The number of aliphatic hydroxyl groups is 1. The summed E-state index contributed by atoms with van der Waals surface area (Å²) in [5, 5.41) is 12.3. The van der Waals surface area contributed by atoms with E-state index in [-0.39, 0.29) is 18.7 Å². The molecule has 1 heterocycles. The Hall–Kier alpha value is -1.59. The largest absolute Gasteiger partial charge is 0.394 e. The van der Waals surface area contributed by atoms with Crippen molar-refractivity contribution in [3.8, 4) is 0 Å². The summed E-state index contributed by atoms with van der Waals surface area (Å²) >= 11 is 0. The molecule has 1 aliphatic heterocycles. The molecule has 1 saturated heterocycles. The van der Waals surface area contributed by atoms with Crippen LogP contribution in [0, 0.1) is 0 Å². The molecule has 1 saturated carbocycles. The minimum Gasteiger partial charge on any atom is -0.394 e. The quantitative estimate of drug-likeness (QED) is 0.867. The molecular weight excluding hydrogens is 304 g/mol. The maximum Gasteiger partial charge on any atom is 0.322 e. The highest BCUT2D eigenvalue weighted by atomic mass is 16.5. The number of urea groups is 1. The van der Waals surface area contributed by atoms with Crippen LogP contribution in [-0.4, -0.2) is 41.3 Å². The number of amides is 2. The van der Waals surface area contributed by atoms with Gasteiger partial charge in [-0.25, -0.2) is 4.79 Å². The van der Waals surface area contributed by atoms with Crippen molar-refractivity contribution in [3.63, 3.8) is 0 Å². The molecule has 24 heavy (non-hydrogen) atoms. The van der Waals surface area contributed by atoms with E-state index in [0.717, 1.165) is 36.9 Å². The maximum absolute atomic E-state index is 12.4. The second-order valence-corrected chi connectivity index (χ2v) is 6.87. The fraction of sp³-hybridized carbons (Fsp3) is 0.632. The zero-order valence-corrected chi connectivity index (χ0v) is 14.2. The Balaban J connectivity index is 1.53. The first kappa shape index (κ1) is 17.2. The minimum absolute atomic E-state index is 0.0304. The van der Waals surface area contributed by atoms with Crippen LogP contribution in [0.5, 0.6) is 0 Å². The van der Waals surface area contributed by atoms with E-state index in [4.69, 9.17) is 4.74 Å². The fourth-order valence-electron chi connectivity index (χ4n) is 3.67. The molecule has 0 aromatic heterocycles. The van der Waals surface area contributed by atoms with Crippen LogP contribution in [0.25, 0.3) is 0 Å². The van der Waals surface area contributed by atoms with Crippen molar-refractivity contribution in [2.45, 2.75) is 63.7 Å². The van der Waals surface area contributed by atoms with Gasteiger partial charge < -0.3 is 20.1 Å². The summed E-state index contributed by atoms with van der Waals surface area (Å²) in [7, 11) is 0. The SMILES string of the molecule is O=C(Nc1cccc(COC2CCCCC2)c1)N1CCC[C@H]1CO. The lowest BCUT2D eigenvalue weighted by Crippen LogP contribution is -2.40. The first-order valence-corrected chi connectivity index (χ1v) is 9.15. The Morgan fingerprint density at radius 1 is 1.21 bits per heavy atom. The number of likely N-dealkylation sites (tertiary alicyclic amines) is 1. The molecule has 1 aromatic rings. The summed E-state index contributed by atoms with van der Waals surface area (Å²) in [6.07, 6.45) is 8.39. The van der Waals surface area contributed by atoms with Gasteiger partial charge in [-0.2, -0.15) is 0 Å². The highest BCUT2D eigenvalue weighted by molar-refractivity contribution is 5.89. The Bertz CT molecular complexity index is 543. The van der Waals surface area contributed by atoms with Gasteiger partial charge in [-0.05, 0) is 43.4 Å². The zero-order chi connectivity index (χ0) is 16.8. The van der Waals surface area contributed by atoms with E-state index in [1.165, 1.54) is 19.3 Å². The van der Waals surface area contributed by atoms with Crippen LogP contribution in [0.1, 0.15) is 50.5 Å². The lowest BCUT2D eigenvalue weighted by atomic mass is 9.98. The molecule has 0 bridgehead atoms. The van der Waals surface area contributed by atoms with Crippen molar-refractivity contribution in [1.82, 2.24) is 4.90 Å². The Morgan fingerprint density at radius 3 is 2.83 bits per heavy atom. The van der Waals surface area contributed by atoms with Gasteiger partial charge in [-0.1, -0.05) is 31.4 Å². The normalized spacial score (nSPS) is 21.9. The summed E-state index contributed by atoms with van der Waals surface area (Å²) in [4.78, 5) is 14.1. The molecule has 1 aliphatic carbocycles. The molecule has 2 amide bonds. The predicted octanol–water partition coefficient (Wildman–Crippen LogP) is 3.52. The monoisotopic (exact) mass is 332 g/mol. The van der Waals surface area contributed by atoms with Crippen molar-refractivity contribution in [2.24, 2.45) is 0 Å². The lowest BCUT2D eigenvalue weighted by molar-refractivity contribution is 0.0169. The van der Waals surface area contributed by atoms with Gasteiger partial charge in [-0.3, -0.25) is 0 Å². The second-order valence-electron chi connectivity index (χ2n) is 6.87. The van der Waals surface area contributed by atoms with E-state index in [1.54, 1.807) is 4.90 Å². The van der Waals surface area contributed by atoms with Crippen molar-refractivity contribution in [1.29, 1.82) is 0 Å². The van der Waals surface area contributed by atoms with Gasteiger partial charge in [0.1, 0.15) is 0 Å². The Labute approximate surface area is 144 Å². The molecule has 132 valence electrons. The minimum atomic E-state index is -0.128. The Kier molecular flexibility index (Phi) is 6.10. The molecule has 0 radical (unpaired) electrons. The van der Waals surface area contributed by atoms with Gasteiger partial charge in [0.2, 0.25) is 0 Å². The number of nitrogens with zero attached hydrogens (tertiary/aromatic N) is 1. The predicted molar refractivity (Wildman–Crippen MR) is 93.9 cm³/mol. The molecule has 1 aromatic carbocycles. The molecule has 5 nitrogen and oxygen atoms in total. The summed E-state index contributed by atoms with van der Waals surface area (Å²) in [6, 6.07) is 7.67. The topological polar surface area (TPSA) is 61.8 Å². The Morgan fingerprint density at radius 2 is 2.04 bits per heavy atom.